The molecule has 25 heavy (non-hydrogen) atoms. The molecule has 1 heterocycles. The number of aromatic nitrogens is 2. The molecule has 3 atom stereocenters. The zero-order valence-electron chi connectivity index (χ0n) is 14.5. The second kappa shape index (κ2) is 8.86. The first-order valence-electron chi connectivity index (χ1n) is 8.39. The van der Waals surface area contributed by atoms with Gasteiger partial charge in [0.15, 0.2) is 0 Å². The first-order valence-corrected chi connectivity index (χ1v) is 8.39. The molecule has 0 aliphatic rings. The molecule has 0 fully saturated rings. The molecule has 2 aromatic rings. The molecular weight excluding hydrogens is 318 g/mol. The van der Waals surface area contributed by atoms with Crippen molar-refractivity contribution in [3.63, 3.8) is 0 Å². The van der Waals surface area contributed by atoms with E-state index in [1.165, 1.54) is 6.33 Å². The van der Waals surface area contributed by atoms with Crippen LogP contribution in [0.25, 0.3) is 0 Å². The fourth-order valence-electron chi connectivity index (χ4n) is 2.52. The molecule has 0 unspecified atom stereocenters. The number of carbonyl (C=O) groups is 2. The Balaban J connectivity index is 2.09. The van der Waals surface area contributed by atoms with Gasteiger partial charge in [0.1, 0.15) is 12.1 Å². The minimum atomic E-state index is -0.794. The van der Waals surface area contributed by atoms with Crippen molar-refractivity contribution >= 4 is 17.5 Å². The van der Waals surface area contributed by atoms with Gasteiger partial charge in [-0.3, -0.25) is 9.59 Å². The molecule has 0 aliphatic carbocycles. The van der Waals surface area contributed by atoms with Crippen molar-refractivity contribution in [2.45, 2.75) is 38.8 Å². The Morgan fingerprint density at radius 3 is 2.56 bits per heavy atom. The van der Waals surface area contributed by atoms with Crippen molar-refractivity contribution in [2.24, 2.45) is 11.7 Å². The van der Waals surface area contributed by atoms with Crippen LogP contribution < -0.4 is 16.4 Å². The monoisotopic (exact) mass is 343 g/mol. The maximum atomic E-state index is 12.8. The third-order valence-electron chi connectivity index (χ3n) is 4.23. The van der Waals surface area contributed by atoms with Gasteiger partial charge in [0.2, 0.25) is 11.8 Å². The molecular formula is C18H25N5O2. The van der Waals surface area contributed by atoms with Gasteiger partial charge in [-0.2, -0.15) is 0 Å². The average molecular weight is 343 g/mol. The van der Waals surface area contributed by atoms with Crippen LogP contribution in [0.2, 0.25) is 0 Å². The van der Waals surface area contributed by atoms with Crippen LogP contribution in [-0.2, 0) is 16.0 Å². The molecule has 134 valence electrons. The minimum Gasteiger partial charge on any atom is -0.373 e. The highest BCUT2D eigenvalue weighted by Gasteiger charge is 2.28. The number of imidazole rings is 1. The van der Waals surface area contributed by atoms with Gasteiger partial charge in [-0.05, 0) is 18.1 Å². The van der Waals surface area contributed by atoms with Crippen molar-refractivity contribution in [1.29, 1.82) is 0 Å². The normalized spacial score (nSPS) is 14.3. The number of rotatable bonds is 9. The molecule has 0 saturated heterocycles. The lowest BCUT2D eigenvalue weighted by atomic mass is 9.97. The fraction of sp³-hybridized carbons (Fsp3) is 0.389. The summed E-state index contributed by atoms with van der Waals surface area (Å²) >= 11 is 0. The molecule has 1 aromatic carbocycles. The quantitative estimate of drug-likeness (QED) is 0.552. The van der Waals surface area contributed by atoms with Crippen LogP contribution in [0.1, 0.15) is 26.0 Å². The van der Waals surface area contributed by atoms with Gasteiger partial charge in [-0.15, -0.1) is 0 Å². The molecule has 0 saturated carbocycles. The van der Waals surface area contributed by atoms with Gasteiger partial charge in [0.25, 0.3) is 0 Å². The molecule has 2 rings (SSSR count). The van der Waals surface area contributed by atoms with Crippen LogP contribution in [0.4, 0.5) is 5.69 Å². The fourth-order valence-corrected chi connectivity index (χ4v) is 2.52. The summed E-state index contributed by atoms with van der Waals surface area (Å²) in [7, 11) is 0. The standard InChI is InChI=1S/C18H25N5O2/c1-3-12(2)16(22-13-7-5-4-6-8-13)18(25)23-15(17(19)24)9-14-10-20-11-21-14/h4-8,10-12,15-16,22H,3,9H2,1-2H3,(H2,19,24)(H,20,21)(H,23,25)/t12-,15-,16-/m0/s1. The van der Waals surface area contributed by atoms with E-state index in [1.807, 2.05) is 44.2 Å². The number of hydrogen-bond acceptors (Lipinski definition) is 4. The zero-order chi connectivity index (χ0) is 18.2. The Hall–Kier alpha value is -2.83. The summed E-state index contributed by atoms with van der Waals surface area (Å²) < 4.78 is 0. The Morgan fingerprint density at radius 2 is 2.00 bits per heavy atom. The number of nitrogens with zero attached hydrogens (tertiary/aromatic N) is 1. The summed E-state index contributed by atoms with van der Waals surface area (Å²) in [5.41, 5.74) is 7.04. The first-order chi connectivity index (χ1) is 12.0. The summed E-state index contributed by atoms with van der Waals surface area (Å²) in [4.78, 5) is 31.3. The van der Waals surface area contributed by atoms with Crippen LogP contribution in [0.3, 0.4) is 0 Å². The minimum absolute atomic E-state index is 0.0842. The van der Waals surface area contributed by atoms with E-state index in [9.17, 15) is 9.59 Å². The lowest BCUT2D eigenvalue weighted by Crippen LogP contribution is -2.52. The number of primary amides is 1. The summed E-state index contributed by atoms with van der Waals surface area (Å²) in [5.74, 6) is -0.743. The Kier molecular flexibility index (Phi) is 6.56. The number of amides is 2. The largest absolute Gasteiger partial charge is 0.373 e. The third kappa shape index (κ3) is 5.34. The number of anilines is 1. The number of aromatic amines is 1. The zero-order valence-corrected chi connectivity index (χ0v) is 14.5. The predicted octanol–water partition coefficient (Wildman–Crippen LogP) is 1.45. The van der Waals surface area contributed by atoms with Crippen molar-refractivity contribution in [3.8, 4) is 0 Å². The van der Waals surface area contributed by atoms with Crippen LogP contribution in [-0.4, -0.2) is 33.9 Å². The molecule has 0 radical (unpaired) electrons. The second-order valence-electron chi connectivity index (χ2n) is 6.12. The summed E-state index contributed by atoms with van der Waals surface area (Å²) in [6.45, 7) is 4.02. The SMILES string of the molecule is CC[C@H](C)[C@H](Nc1ccccc1)C(=O)N[C@@H](Cc1cnc[nH]1)C(N)=O. The predicted molar refractivity (Wildman–Crippen MR) is 96.7 cm³/mol. The molecule has 0 aliphatic heterocycles. The van der Waals surface area contributed by atoms with E-state index in [2.05, 4.69) is 20.6 Å². The molecule has 0 spiro atoms. The van der Waals surface area contributed by atoms with Gasteiger partial charge in [0.05, 0.1) is 6.33 Å². The average Bonchev–Trinajstić information content (AvgIpc) is 3.12. The van der Waals surface area contributed by atoms with Crippen molar-refractivity contribution < 1.29 is 9.59 Å². The number of para-hydroxylation sites is 1. The van der Waals surface area contributed by atoms with E-state index in [-0.39, 0.29) is 18.2 Å². The number of hydrogen-bond donors (Lipinski definition) is 4. The molecule has 5 N–H and O–H groups in total. The van der Waals surface area contributed by atoms with Gasteiger partial charge < -0.3 is 21.4 Å². The third-order valence-corrected chi connectivity index (χ3v) is 4.23. The summed E-state index contributed by atoms with van der Waals surface area (Å²) in [5, 5.41) is 6.01. The highest BCUT2D eigenvalue weighted by molar-refractivity contribution is 5.90. The van der Waals surface area contributed by atoms with E-state index in [4.69, 9.17) is 5.73 Å². The lowest BCUT2D eigenvalue weighted by molar-refractivity contribution is -0.128. The molecule has 1 aromatic heterocycles. The van der Waals surface area contributed by atoms with Crippen LogP contribution in [0, 0.1) is 5.92 Å². The topological polar surface area (TPSA) is 113 Å². The summed E-state index contributed by atoms with van der Waals surface area (Å²) in [6, 6.07) is 8.26. The van der Waals surface area contributed by atoms with Crippen molar-refractivity contribution in [2.75, 3.05) is 5.32 Å². The number of nitrogens with two attached hydrogens (primary N) is 1. The number of nitrogens with one attached hydrogen (secondary N) is 3. The molecule has 2 amide bonds. The number of benzene rings is 1. The van der Waals surface area contributed by atoms with E-state index in [1.54, 1.807) is 6.20 Å². The maximum absolute atomic E-state index is 12.8. The van der Waals surface area contributed by atoms with E-state index in [0.717, 1.165) is 17.8 Å². The highest BCUT2D eigenvalue weighted by atomic mass is 16.2. The van der Waals surface area contributed by atoms with Gasteiger partial charge in [0, 0.05) is 24.0 Å². The number of carbonyl (C=O) groups excluding carboxylic acids is 2. The maximum Gasteiger partial charge on any atom is 0.243 e. The molecule has 7 nitrogen and oxygen atoms in total. The van der Waals surface area contributed by atoms with Crippen LogP contribution in [0.5, 0.6) is 0 Å². The second-order valence-corrected chi connectivity index (χ2v) is 6.12. The van der Waals surface area contributed by atoms with Gasteiger partial charge in [-0.25, -0.2) is 4.98 Å². The van der Waals surface area contributed by atoms with E-state index in [0.29, 0.717) is 0 Å². The van der Waals surface area contributed by atoms with Gasteiger partial charge in [-0.1, -0.05) is 38.5 Å². The Labute approximate surface area is 147 Å². The Bertz CT molecular complexity index is 672. The van der Waals surface area contributed by atoms with Crippen LogP contribution in [0.15, 0.2) is 42.9 Å². The van der Waals surface area contributed by atoms with Crippen molar-refractivity contribution in [1.82, 2.24) is 15.3 Å². The van der Waals surface area contributed by atoms with E-state index < -0.39 is 18.0 Å². The van der Waals surface area contributed by atoms with Crippen molar-refractivity contribution in [3.05, 3.63) is 48.5 Å². The first kappa shape index (κ1) is 18.5. The highest BCUT2D eigenvalue weighted by Crippen LogP contribution is 2.15. The number of H-pyrrole nitrogens is 1. The molecule has 0 bridgehead atoms. The molecule has 7 heteroatoms. The smallest absolute Gasteiger partial charge is 0.243 e. The van der Waals surface area contributed by atoms with Gasteiger partial charge >= 0.3 is 0 Å². The van der Waals surface area contributed by atoms with Crippen LogP contribution >= 0.6 is 0 Å². The lowest BCUT2D eigenvalue weighted by Gasteiger charge is -2.26. The summed E-state index contributed by atoms with van der Waals surface area (Å²) in [6.07, 6.45) is 4.23. The Morgan fingerprint density at radius 1 is 1.28 bits per heavy atom. The van der Waals surface area contributed by atoms with E-state index >= 15 is 0 Å².